The molecule has 5 rings (SSSR count). The van der Waals surface area contributed by atoms with E-state index in [4.69, 9.17) is 10.1 Å². The first-order valence-electron chi connectivity index (χ1n) is 15.1. The second-order valence-electron chi connectivity index (χ2n) is 11.3. The van der Waals surface area contributed by atoms with Gasteiger partial charge in [-0.3, -0.25) is 4.74 Å². The number of benzene rings is 5. The molecule has 2 nitrogen and oxygen atoms in total. The molecule has 0 amide bonds. The van der Waals surface area contributed by atoms with Gasteiger partial charge in [0.1, 0.15) is 0 Å². The molecule has 43 heavy (non-hydrogen) atoms. The molecule has 0 spiro atoms. The summed E-state index contributed by atoms with van der Waals surface area (Å²) in [5.74, 6) is 2.46. The predicted octanol–water partition coefficient (Wildman–Crippen LogP) is 11.1. The van der Waals surface area contributed by atoms with Gasteiger partial charge in [0.2, 0.25) is 0 Å². The van der Waals surface area contributed by atoms with E-state index in [-0.39, 0.29) is 7.92 Å². The maximum absolute atomic E-state index is 5.79. The van der Waals surface area contributed by atoms with Crippen LogP contribution in [0.25, 0.3) is 11.0 Å². The van der Waals surface area contributed by atoms with E-state index in [2.05, 4.69) is 180 Å². The number of hydrogen-bond donors (Lipinski definition) is 0. The highest BCUT2D eigenvalue weighted by molar-refractivity contribution is 7.87. The lowest BCUT2D eigenvalue weighted by molar-refractivity contribution is 1.02. The molecule has 5 aromatic rings. The van der Waals surface area contributed by atoms with Crippen molar-refractivity contribution in [1.82, 2.24) is 0 Å². The molecule has 0 aliphatic heterocycles. The Morgan fingerprint density at radius 3 is 1.67 bits per heavy atom. The molecule has 0 bridgehead atoms. The molecule has 0 aromatic heterocycles. The van der Waals surface area contributed by atoms with Gasteiger partial charge in [0.15, 0.2) is 0 Å². The summed E-state index contributed by atoms with van der Waals surface area (Å²) < 4.78 is 5.79. The number of hydrogen-bond acceptors (Lipinski definition) is 1. The molecule has 0 aliphatic rings. The molecule has 0 fully saturated rings. The SMILES string of the molecule is Cc1ccccc1N=P(c1ccccc1)(c1ccccc1)c1ccccc1[N-]/C(=C\P(C(C)C)C(C)C)c1ccccc1. The molecule has 0 radical (unpaired) electrons. The summed E-state index contributed by atoms with van der Waals surface area (Å²) >= 11 is 0. The van der Waals surface area contributed by atoms with Crippen LogP contribution < -0.4 is 15.9 Å². The van der Waals surface area contributed by atoms with Crippen LogP contribution in [0.1, 0.15) is 38.8 Å². The van der Waals surface area contributed by atoms with E-state index in [1.54, 1.807) is 0 Å². The molecule has 0 N–H and O–H groups in total. The van der Waals surface area contributed by atoms with Crippen LogP contribution in [-0.4, -0.2) is 11.3 Å². The molecule has 0 unspecified atom stereocenters. The number of rotatable bonds is 10. The maximum Gasteiger partial charge on any atom is 0.0654 e. The summed E-state index contributed by atoms with van der Waals surface area (Å²) in [6.07, 6.45) is 0. The second kappa shape index (κ2) is 14.2. The zero-order valence-electron chi connectivity index (χ0n) is 25.8. The zero-order chi connectivity index (χ0) is 30.2. The Balaban J connectivity index is 1.82. The summed E-state index contributed by atoms with van der Waals surface area (Å²) in [5.41, 5.74) is 6.46. The van der Waals surface area contributed by atoms with Crippen molar-refractivity contribution in [3.63, 3.8) is 0 Å². The Morgan fingerprint density at radius 1 is 0.628 bits per heavy atom. The molecule has 4 heteroatoms. The van der Waals surface area contributed by atoms with Crippen molar-refractivity contribution in [2.24, 2.45) is 4.74 Å². The van der Waals surface area contributed by atoms with Gasteiger partial charge in [0.05, 0.1) is 12.7 Å². The Bertz CT molecular complexity index is 1660. The van der Waals surface area contributed by atoms with E-state index >= 15 is 0 Å². The van der Waals surface area contributed by atoms with Crippen LogP contribution in [0.3, 0.4) is 0 Å². The number of nitrogens with zero attached hydrogens (tertiary/aromatic N) is 2. The second-order valence-corrected chi connectivity index (χ2v) is 17.5. The zero-order valence-corrected chi connectivity index (χ0v) is 27.6. The highest BCUT2D eigenvalue weighted by Gasteiger charge is 2.28. The Hall–Kier alpha value is -3.70. The minimum Gasteiger partial charge on any atom is -0.657 e. The molecular formula is C39H41N2P2-. The van der Waals surface area contributed by atoms with Crippen molar-refractivity contribution in [3.8, 4) is 0 Å². The van der Waals surface area contributed by atoms with Crippen LogP contribution in [0, 0.1) is 6.92 Å². The van der Waals surface area contributed by atoms with Gasteiger partial charge in [-0.1, -0.05) is 175 Å². The topological polar surface area (TPSA) is 26.5 Å². The van der Waals surface area contributed by atoms with E-state index < -0.39 is 7.05 Å². The molecule has 0 saturated carbocycles. The Morgan fingerprint density at radius 2 is 1.12 bits per heavy atom. The fourth-order valence-electron chi connectivity index (χ4n) is 5.50. The van der Waals surface area contributed by atoms with Crippen molar-refractivity contribution in [1.29, 1.82) is 0 Å². The first kappa shape index (κ1) is 30.7. The molecule has 0 atom stereocenters. The molecule has 0 heterocycles. The fraction of sp³-hybridized carbons (Fsp3) is 0.179. The first-order valence-corrected chi connectivity index (χ1v) is 18.3. The third-order valence-electron chi connectivity index (χ3n) is 7.64. The molecular weight excluding hydrogens is 558 g/mol. The quantitative estimate of drug-likeness (QED) is 0.143. The average molecular weight is 600 g/mol. The third-order valence-corrected chi connectivity index (χ3v) is 14.2. The lowest BCUT2D eigenvalue weighted by atomic mass is 10.1. The fourth-order valence-corrected chi connectivity index (χ4v) is 11.5. The first-order chi connectivity index (χ1) is 20.9. The Kier molecular flexibility index (Phi) is 10.1. The lowest BCUT2D eigenvalue weighted by Gasteiger charge is -2.37. The molecule has 5 aromatic carbocycles. The van der Waals surface area contributed by atoms with Crippen molar-refractivity contribution in [2.45, 2.75) is 45.9 Å². The summed E-state index contributed by atoms with van der Waals surface area (Å²) in [6, 6.07) is 49.5. The van der Waals surface area contributed by atoms with Gasteiger partial charge in [-0.15, -0.1) is 11.4 Å². The van der Waals surface area contributed by atoms with Crippen LogP contribution in [-0.2, 0) is 0 Å². The Labute approximate surface area is 259 Å². The average Bonchev–Trinajstić information content (AvgIpc) is 3.04. The van der Waals surface area contributed by atoms with Crippen molar-refractivity contribution < 1.29 is 0 Å². The number of para-hydroxylation sites is 1. The standard InChI is InChI=1S/C39H41N2P2/c1-30(2)42(31(3)4)29-38(33-20-9-6-10-21-33)40-37-27-17-18-28-39(37)43(34-22-11-7-12-23-34,35-24-13-8-14-25-35)41-36-26-16-15-19-32(36)5/h6-31H,1-5H3/q-1/b38-29-. The largest absolute Gasteiger partial charge is 0.657 e. The molecule has 0 aliphatic carbocycles. The van der Waals surface area contributed by atoms with E-state index in [1.807, 2.05) is 0 Å². The van der Waals surface area contributed by atoms with Gasteiger partial charge in [0, 0.05) is 10.6 Å². The van der Waals surface area contributed by atoms with Crippen LogP contribution in [0.15, 0.2) is 150 Å². The normalized spacial score (nSPS) is 12.1. The van der Waals surface area contributed by atoms with Gasteiger partial charge in [-0.25, -0.2) is 0 Å². The maximum atomic E-state index is 5.79. The van der Waals surface area contributed by atoms with Crippen molar-refractivity contribution in [3.05, 3.63) is 162 Å². The van der Waals surface area contributed by atoms with E-state index in [9.17, 15) is 0 Å². The summed E-state index contributed by atoms with van der Waals surface area (Å²) in [5, 5.41) is 9.15. The van der Waals surface area contributed by atoms with E-state index in [0.717, 1.165) is 33.5 Å². The van der Waals surface area contributed by atoms with Gasteiger partial charge >= 0.3 is 0 Å². The summed E-state index contributed by atoms with van der Waals surface area (Å²) in [4.78, 5) is 0. The monoisotopic (exact) mass is 599 g/mol. The van der Waals surface area contributed by atoms with Crippen molar-refractivity contribution in [2.75, 3.05) is 0 Å². The lowest BCUT2D eigenvalue weighted by Crippen LogP contribution is -2.25. The predicted molar refractivity (Wildman–Crippen MR) is 193 cm³/mol. The number of aryl methyl sites for hydroxylation is 1. The van der Waals surface area contributed by atoms with E-state index in [1.165, 1.54) is 10.6 Å². The van der Waals surface area contributed by atoms with Crippen molar-refractivity contribution >= 4 is 48.0 Å². The molecule has 218 valence electrons. The van der Waals surface area contributed by atoms with Crippen LogP contribution in [0.2, 0.25) is 0 Å². The van der Waals surface area contributed by atoms with E-state index in [0.29, 0.717) is 11.3 Å². The summed E-state index contributed by atoms with van der Waals surface area (Å²) in [7, 11) is -2.93. The van der Waals surface area contributed by atoms with Gasteiger partial charge in [0.25, 0.3) is 0 Å². The van der Waals surface area contributed by atoms with Crippen LogP contribution in [0.4, 0.5) is 11.4 Å². The highest BCUT2D eigenvalue weighted by Crippen LogP contribution is 2.54. The van der Waals surface area contributed by atoms with Crippen LogP contribution >= 0.6 is 15.0 Å². The minimum atomic E-state index is -2.55. The summed E-state index contributed by atoms with van der Waals surface area (Å²) in [6.45, 7) is 11.5. The van der Waals surface area contributed by atoms with Gasteiger partial charge in [-0.05, 0) is 40.7 Å². The molecule has 0 saturated heterocycles. The van der Waals surface area contributed by atoms with Gasteiger partial charge < -0.3 is 5.32 Å². The van der Waals surface area contributed by atoms with Crippen LogP contribution in [0.5, 0.6) is 0 Å². The third kappa shape index (κ3) is 6.94. The minimum absolute atomic E-state index is 0.377. The van der Waals surface area contributed by atoms with Gasteiger partial charge in [-0.2, -0.15) is 0 Å². The smallest absolute Gasteiger partial charge is 0.0654 e. The highest BCUT2D eigenvalue weighted by atomic mass is 31.2.